The number of carbonyl (C=O) groups excluding carboxylic acids is 1. The molecule has 1 aromatic heterocycles. The molecule has 0 saturated heterocycles. The maximum absolute atomic E-state index is 11.6. The summed E-state index contributed by atoms with van der Waals surface area (Å²) in [4.78, 5) is 19.2. The number of imidazole rings is 1. The highest BCUT2D eigenvalue weighted by molar-refractivity contribution is 5.75. The van der Waals surface area contributed by atoms with E-state index in [-0.39, 0.29) is 6.04 Å². The molecule has 0 aliphatic heterocycles. The molecule has 102 valence electrons. The van der Waals surface area contributed by atoms with Crippen LogP contribution in [0.5, 0.6) is 0 Å². The number of nitrogens with zero attached hydrogens (tertiary/aromatic N) is 1. The molecule has 2 rings (SSSR count). The van der Waals surface area contributed by atoms with Crippen LogP contribution in [-0.2, 0) is 4.74 Å². The monoisotopic (exact) mass is 261 g/mol. The Labute approximate surface area is 112 Å². The molecule has 0 fully saturated rings. The Balaban J connectivity index is 1.99. The predicted molar refractivity (Wildman–Crippen MR) is 73.8 cm³/mol. The van der Waals surface area contributed by atoms with Gasteiger partial charge in [-0.3, -0.25) is 0 Å². The minimum absolute atomic E-state index is 0.216. The average Bonchev–Trinajstić information content (AvgIpc) is 2.80. The summed E-state index contributed by atoms with van der Waals surface area (Å²) in [6.07, 6.45) is -0.415. The first-order valence-corrected chi connectivity index (χ1v) is 6.44. The van der Waals surface area contributed by atoms with E-state index in [0.29, 0.717) is 12.5 Å². The number of para-hydroxylation sites is 2. The number of hydrogen-bond acceptors (Lipinski definition) is 3. The zero-order valence-corrected chi connectivity index (χ0v) is 11.4. The zero-order chi connectivity index (χ0) is 13.8. The van der Waals surface area contributed by atoms with Gasteiger partial charge in [-0.15, -0.1) is 0 Å². The van der Waals surface area contributed by atoms with Crippen LogP contribution in [0, 0.1) is 5.92 Å². The maximum atomic E-state index is 11.6. The molecule has 1 unspecified atom stereocenters. The molecule has 1 aromatic carbocycles. The van der Waals surface area contributed by atoms with Crippen LogP contribution in [-0.4, -0.2) is 22.7 Å². The molecule has 0 spiro atoms. The van der Waals surface area contributed by atoms with E-state index in [0.717, 1.165) is 16.9 Å². The Bertz CT molecular complexity index is 530. The molecule has 1 atom stereocenters. The van der Waals surface area contributed by atoms with Crippen LogP contribution in [0.15, 0.2) is 24.3 Å². The third-order valence-electron chi connectivity index (χ3n) is 2.70. The smallest absolute Gasteiger partial charge is 0.407 e. The van der Waals surface area contributed by atoms with Crippen molar-refractivity contribution in [1.29, 1.82) is 0 Å². The van der Waals surface area contributed by atoms with E-state index in [4.69, 9.17) is 4.74 Å². The molecule has 5 nitrogen and oxygen atoms in total. The molecule has 1 amide bonds. The van der Waals surface area contributed by atoms with Gasteiger partial charge >= 0.3 is 6.09 Å². The van der Waals surface area contributed by atoms with Gasteiger partial charge in [0.05, 0.1) is 23.7 Å². The van der Waals surface area contributed by atoms with Crippen molar-refractivity contribution in [3.8, 4) is 0 Å². The summed E-state index contributed by atoms with van der Waals surface area (Å²) >= 11 is 0. The molecule has 0 aliphatic rings. The van der Waals surface area contributed by atoms with E-state index in [1.165, 1.54) is 0 Å². The highest BCUT2D eigenvalue weighted by Gasteiger charge is 2.14. The van der Waals surface area contributed by atoms with Crippen LogP contribution in [0.2, 0.25) is 0 Å². The van der Waals surface area contributed by atoms with Gasteiger partial charge in [0.1, 0.15) is 5.82 Å². The van der Waals surface area contributed by atoms with Crippen molar-refractivity contribution in [1.82, 2.24) is 15.3 Å². The lowest BCUT2D eigenvalue weighted by Gasteiger charge is -2.12. The van der Waals surface area contributed by atoms with Crippen LogP contribution in [0.3, 0.4) is 0 Å². The second-order valence-corrected chi connectivity index (χ2v) is 5.00. The number of carbonyl (C=O) groups is 1. The number of alkyl carbamates (subject to hydrolysis) is 1. The number of hydrogen-bond donors (Lipinski definition) is 2. The highest BCUT2D eigenvalue weighted by atomic mass is 16.5. The summed E-state index contributed by atoms with van der Waals surface area (Å²) in [5.41, 5.74) is 1.85. The van der Waals surface area contributed by atoms with Crippen LogP contribution in [0.4, 0.5) is 4.79 Å². The number of rotatable bonds is 4. The molecular formula is C14H19N3O2. The first-order chi connectivity index (χ1) is 9.06. The lowest BCUT2D eigenvalue weighted by atomic mass is 10.2. The standard InChI is InChI=1S/C14H19N3O2/c1-9(2)8-19-14(18)15-10(3)13-16-11-6-4-5-7-12(11)17-13/h4-7,9-10H,8H2,1-3H3,(H,15,18)(H,16,17). The Hall–Kier alpha value is -2.04. The van der Waals surface area contributed by atoms with E-state index >= 15 is 0 Å². The van der Waals surface area contributed by atoms with Crippen molar-refractivity contribution in [2.75, 3.05) is 6.61 Å². The van der Waals surface area contributed by atoms with Crippen molar-refractivity contribution in [3.63, 3.8) is 0 Å². The Morgan fingerprint density at radius 2 is 2.11 bits per heavy atom. The first kappa shape index (κ1) is 13.4. The molecule has 0 bridgehead atoms. The minimum Gasteiger partial charge on any atom is -0.449 e. The van der Waals surface area contributed by atoms with Gasteiger partial charge in [0.25, 0.3) is 0 Å². The molecule has 19 heavy (non-hydrogen) atoms. The second kappa shape index (κ2) is 5.73. The van der Waals surface area contributed by atoms with E-state index in [1.54, 1.807) is 0 Å². The molecule has 0 radical (unpaired) electrons. The number of nitrogens with one attached hydrogen (secondary N) is 2. The van der Waals surface area contributed by atoms with Crippen LogP contribution >= 0.6 is 0 Å². The van der Waals surface area contributed by atoms with Crippen molar-refractivity contribution in [2.45, 2.75) is 26.8 Å². The molecule has 2 N–H and O–H groups in total. The predicted octanol–water partition coefficient (Wildman–Crippen LogP) is 3.01. The maximum Gasteiger partial charge on any atom is 0.407 e. The minimum atomic E-state index is -0.415. The van der Waals surface area contributed by atoms with Gasteiger partial charge in [0, 0.05) is 0 Å². The summed E-state index contributed by atoms with van der Waals surface area (Å²) in [7, 11) is 0. The summed E-state index contributed by atoms with van der Waals surface area (Å²) < 4.78 is 5.08. The Morgan fingerprint density at radius 1 is 1.37 bits per heavy atom. The number of aromatic nitrogens is 2. The number of ether oxygens (including phenoxy) is 1. The first-order valence-electron chi connectivity index (χ1n) is 6.44. The van der Waals surface area contributed by atoms with Gasteiger partial charge in [0.15, 0.2) is 0 Å². The van der Waals surface area contributed by atoms with E-state index < -0.39 is 6.09 Å². The van der Waals surface area contributed by atoms with E-state index in [1.807, 2.05) is 45.0 Å². The summed E-state index contributed by atoms with van der Waals surface area (Å²) in [5, 5.41) is 2.76. The molecule has 0 aliphatic carbocycles. The average molecular weight is 261 g/mol. The second-order valence-electron chi connectivity index (χ2n) is 5.00. The fourth-order valence-corrected chi connectivity index (χ4v) is 1.71. The van der Waals surface area contributed by atoms with Crippen molar-refractivity contribution >= 4 is 17.1 Å². The van der Waals surface area contributed by atoms with E-state index in [2.05, 4.69) is 15.3 Å². The molecule has 5 heteroatoms. The molecule has 0 saturated carbocycles. The molecule has 1 heterocycles. The summed E-state index contributed by atoms with van der Waals surface area (Å²) in [5.74, 6) is 1.05. The van der Waals surface area contributed by atoms with Gasteiger partial charge in [0.2, 0.25) is 0 Å². The van der Waals surface area contributed by atoms with Gasteiger partial charge in [-0.1, -0.05) is 26.0 Å². The molecule has 2 aromatic rings. The number of benzene rings is 1. The Kier molecular flexibility index (Phi) is 4.04. The normalized spacial score (nSPS) is 12.6. The Morgan fingerprint density at radius 3 is 2.79 bits per heavy atom. The third kappa shape index (κ3) is 3.47. The lowest BCUT2D eigenvalue weighted by molar-refractivity contribution is 0.129. The molecular weight excluding hydrogens is 242 g/mol. The van der Waals surface area contributed by atoms with Crippen molar-refractivity contribution in [2.24, 2.45) is 5.92 Å². The fraction of sp³-hybridized carbons (Fsp3) is 0.429. The number of H-pyrrole nitrogens is 1. The summed E-state index contributed by atoms with van der Waals surface area (Å²) in [6.45, 7) is 6.28. The zero-order valence-electron chi connectivity index (χ0n) is 11.4. The summed E-state index contributed by atoms with van der Waals surface area (Å²) in [6, 6.07) is 7.54. The lowest BCUT2D eigenvalue weighted by Crippen LogP contribution is -2.29. The largest absolute Gasteiger partial charge is 0.449 e. The van der Waals surface area contributed by atoms with Gasteiger partial charge in [-0.2, -0.15) is 0 Å². The third-order valence-corrected chi connectivity index (χ3v) is 2.70. The highest BCUT2D eigenvalue weighted by Crippen LogP contribution is 2.15. The van der Waals surface area contributed by atoms with Gasteiger partial charge in [-0.25, -0.2) is 9.78 Å². The van der Waals surface area contributed by atoms with E-state index in [9.17, 15) is 4.79 Å². The van der Waals surface area contributed by atoms with Crippen LogP contribution in [0.25, 0.3) is 11.0 Å². The van der Waals surface area contributed by atoms with Gasteiger partial charge < -0.3 is 15.0 Å². The van der Waals surface area contributed by atoms with Crippen molar-refractivity contribution < 1.29 is 9.53 Å². The fourth-order valence-electron chi connectivity index (χ4n) is 1.71. The quantitative estimate of drug-likeness (QED) is 0.889. The topological polar surface area (TPSA) is 67.0 Å². The SMILES string of the molecule is CC(C)COC(=O)NC(C)c1nc2ccccc2[nH]1. The van der Waals surface area contributed by atoms with Crippen LogP contribution < -0.4 is 5.32 Å². The van der Waals surface area contributed by atoms with Gasteiger partial charge in [-0.05, 0) is 25.0 Å². The van der Waals surface area contributed by atoms with Crippen LogP contribution in [0.1, 0.15) is 32.6 Å². The number of fused-ring (bicyclic) bond motifs is 1. The van der Waals surface area contributed by atoms with Crippen molar-refractivity contribution in [3.05, 3.63) is 30.1 Å². The number of aromatic amines is 1. The number of amides is 1.